The predicted octanol–water partition coefficient (Wildman–Crippen LogP) is 3.72. The van der Waals surface area contributed by atoms with Crippen LogP contribution in [0.25, 0.3) is 0 Å². The largest absolute Gasteiger partial charge is 0.381 e. The molecule has 0 aromatic carbocycles. The van der Waals surface area contributed by atoms with Crippen LogP contribution in [0.15, 0.2) is 6.07 Å². The van der Waals surface area contributed by atoms with Gasteiger partial charge < -0.3 is 14.6 Å². The molecule has 1 aliphatic rings. The van der Waals surface area contributed by atoms with Crippen LogP contribution in [0.1, 0.15) is 61.4 Å². The van der Waals surface area contributed by atoms with Crippen molar-refractivity contribution in [2.75, 3.05) is 25.5 Å². The lowest BCUT2D eigenvalue weighted by molar-refractivity contribution is 0.0741. The van der Waals surface area contributed by atoms with Crippen molar-refractivity contribution in [3.63, 3.8) is 0 Å². The Morgan fingerprint density at radius 3 is 2.57 bits per heavy atom. The molecular weight excluding hydrogens is 308 g/mol. The van der Waals surface area contributed by atoms with E-state index in [1.54, 1.807) is 0 Å². The van der Waals surface area contributed by atoms with Gasteiger partial charge in [-0.3, -0.25) is 4.79 Å². The summed E-state index contributed by atoms with van der Waals surface area (Å²) in [7, 11) is 0. The van der Waals surface area contributed by atoms with Gasteiger partial charge in [0.2, 0.25) is 0 Å². The molecule has 1 saturated heterocycles. The van der Waals surface area contributed by atoms with Gasteiger partial charge in [-0.05, 0) is 52.4 Å². The molecule has 1 aromatic rings. The van der Waals surface area contributed by atoms with Crippen molar-refractivity contribution < 1.29 is 9.53 Å². The average Bonchev–Trinajstić information content (AvgIpc) is 2.81. The molecule has 2 heterocycles. The van der Waals surface area contributed by atoms with Gasteiger partial charge in [-0.25, -0.2) is 0 Å². The first-order chi connectivity index (χ1) is 10.9. The number of hydrogen-bond acceptors (Lipinski definition) is 3. The Bertz CT molecular complexity index is 540. The summed E-state index contributed by atoms with van der Waals surface area (Å²) in [5.74, 6) is 1.12. The highest BCUT2D eigenvalue weighted by molar-refractivity contribution is 8.00. The number of amides is 1. The second-order valence-corrected chi connectivity index (χ2v) is 8.39. The zero-order chi connectivity index (χ0) is 17.0. The standard InChI is InChI=1S/C18H30N2O2S/c1-6-23-18(7-9-22-10-8-18)12-19-17(21)16-11-14(4)20(13(2)3)15(16)5/h11,13H,6-10,12H2,1-5H3,(H,19,21). The van der Waals surface area contributed by atoms with E-state index in [-0.39, 0.29) is 10.7 Å². The maximum Gasteiger partial charge on any atom is 0.253 e. The quantitative estimate of drug-likeness (QED) is 0.860. The zero-order valence-electron chi connectivity index (χ0n) is 15.1. The molecule has 0 spiro atoms. The molecule has 0 bridgehead atoms. The molecule has 0 unspecified atom stereocenters. The van der Waals surface area contributed by atoms with Crippen molar-refractivity contribution in [3.8, 4) is 0 Å². The third kappa shape index (κ3) is 4.13. The predicted molar refractivity (Wildman–Crippen MR) is 97.5 cm³/mol. The van der Waals surface area contributed by atoms with Crippen molar-refractivity contribution in [1.29, 1.82) is 0 Å². The normalized spacial score (nSPS) is 17.5. The highest BCUT2D eigenvalue weighted by Crippen LogP contribution is 2.35. The first-order valence-corrected chi connectivity index (χ1v) is 9.57. The van der Waals surface area contributed by atoms with Crippen LogP contribution in [0, 0.1) is 13.8 Å². The lowest BCUT2D eigenvalue weighted by Crippen LogP contribution is -2.44. The first-order valence-electron chi connectivity index (χ1n) is 8.58. The highest BCUT2D eigenvalue weighted by Gasteiger charge is 2.33. The van der Waals surface area contributed by atoms with Crippen molar-refractivity contribution in [2.45, 2.75) is 58.2 Å². The van der Waals surface area contributed by atoms with E-state index in [1.807, 2.05) is 24.8 Å². The van der Waals surface area contributed by atoms with Gasteiger partial charge in [0.1, 0.15) is 0 Å². The second-order valence-electron chi connectivity index (χ2n) is 6.66. The van der Waals surface area contributed by atoms with Crippen LogP contribution in [-0.4, -0.2) is 40.7 Å². The molecule has 1 aromatic heterocycles. The number of hydrogen-bond donors (Lipinski definition) is 1. The summed E-state index contributed by atoms with van der Waals surface area (Å²) < 4.78 is 7.85. The van der Waals surface area contributed by atoms with Crippen LogP contribution in [0.2, 0.25) is 0 Å². The second kappa shape index (κ2) is 7.75. The molecule has 1 amide bonds. The summed E-state index contributed by atoms with van der Waals surface area (Å²) in [5.41, 5.74) is 3.01. The summed E-state index contributed by atoms with van der Waals surface area (Å²) in [5, 5.41) is 3.19. The molecule has 1 N–H and O–H groups in total. The third-order valence-electron chi connectivity index (χ3n) is 4.67. The van der Waals surface area contributed by atoms with E-state index in [0.29, 0.717) is 6.04 Å². The van der Waals surface area contributed by atoms with E-state index in [0.717, 1.165) is 55.3 Å². The Kier molecular flexibility index (Phi) is 6.20. The Morgan fingerprint density at radius 2 is 2.04 bits per heavy atom. The van der Waals surface area contributed by atoms with Crippen molar-refractivity contribution in [1.82, 2.24) is 9.88 Å². The van der Waals surface area contributed by atoms with Crippen molar-refractivity contribution >= 4 is 17.7 Å². The van der Waals surface area contributed by atoms with Crippen LogP contribution >= 0.6 is 11.8 Å². The maximum atomic E-state index is 12.7. The number of nitrogens with zero attached hydrogens (tertiary/aromatic N) is 1. The molecule has 0 atom stereocenters. The smallest absolute Gasteiger partial charge is 0.253 e. The van der Waals surface area contributed by atoms with Gasteiger partial charge in [0.25, 0.3) is 5.91 Å². The molecule has 1 aliphatic heterocycles. The number of nitrogens with one attached hydrogen (secondary N) is 1. The number of ether oxygens (including phenoxy) is 1. The molecule has 130 valence electrons. The molecule has 0 aliphatic carbocycles. The van der Waals surface area contributed by atoms with E-state index in [9.17, 15) is 4.79 Å². The van der Waals surface area contributed by atoms with E-state index < -0.39 is 0 Å². The Labute approximate surface area is 144 Å². The minimum atomic E-state index is 0.0487. The van der Waals surface area contributed by atoms with Gasteiger partial charge in [-0.15, -0.1) is 0 Å². The van der Waals surface area contributed by atoms with E-state index in [1.165, 1.54) is 0 Å². The van der Waals surface area contributed by atoms with Crippen molar-refractivity contribution in [2.24, 2.45) is 0 Å². The van der Waals surface area contributed by atoms with Crippen LogP contribution < -0.4 is 5.32 Å². The number of carbonyl (C=O) groups excluding carboxylic acids is 1. The van der Waals surface area contributed by atoms with Gasteiger partial charge in [0, 0.05) is 41.9 Å². The van der Waals surface area contributed by atoms with Crippen LogP contribution in [0.4, 0.5) is 0 Å². The third-order valence-corrected chi connectivity index (χ3v) is 6.12. The number of carbonyl (C=O) groups is 1. The van der Waals surface area contributed by atoms with Gasteiger partial charge in [0.05, 0.1) is 5.56 Å². The van der Waals surface area contributed by atoms with Crippen LogP contribution in [0.3, 0.4) is 0 Å². The molecule has 2 rings (SSSR count). The van der Waals surface area contributed by atoms with Gasteiger partial charge in [-0.2, -0.15) is 11.8 Å². The SMILES string of the molecule is CCSC1(CNC(=O)c2cc(C)n(C(C)C)c2C)CCOCC1. The number of thioether (sulfide) groups is 1. The molecule has 4 nitrogen and oxygen atoms in total. The van der Waals surface area contributed by atoms with Gasteiger partial charge in [-0.1, -0.05) is 6.92 Å². The number of aromatic nitrogens is 1. The van der Waals surface area contributed by atoms with Gasteiger partial charge in [0.15, 0.2) is 0 Å². The monoisotopic (exact) mass is 338 g/mol. The number of aryl methyl sites for hydroxylation is 1. The fourth-order valence-electron chi connectivity index (χ4n) is 3.56. The maximum absolute atomic E-state index is 12.7. The summed E-state index contributed by atoms with van der Waals surface area (Å²) in [4.78, 5) is 12.7. The van der Waals surface area contributed by atoms with Crippen LogP contribution in [-0.2, 0) is 4.74 Å². The summed E-state index contributed by atoms with van der Waals surface area (Å²) in [6.07, 6.45) is 2.02. The van der Waals surface area contributed by atoms with Crippen molar-refractivity contribution in [3.05, 3.63) is 23.0 Å². The topological polar surface area (TPSA) is 43.3 Å². The Balaban J connectivity index is 2.08. The minimum absolute atomic E-state index is 0.0487. The van der Waals surface area contributed by atoms with E-state index in [4.69, 9.17) is 4.74 Å². The highest BCUT2D eigenvalue weighted by atomic mass is 32.2. The summed E-state index contributed by atoms with van der Waals surface area (Å²) >= 11 is 1.95. The Hall–Kier alpha value is -0.940. The fourth-order valence-corrected chi connectivity index (χ4v) is 4.80. The fraction of sp³-hybridized carbons (Fsp3) is 0.722. The molecule has 1 fully saturated rings. The molecule has 5 heteroatoms. The summed E-state index contributed by atoms with van der Waals surface area (Å²) in [6, 6.07) is 2.38. The lowest BCUT2D eigenvalue weighted by Gasteiger charge is -2.36. The van der Waals surface area contributed by atoms with E-state index >= 15 is 0 Å². The van der Waals surface area contributed by atoms with Gasteiger partial charge >= 0.3 is 0 Å². The molecular formula is C18H30N2O2S. The zero-order valence-corrected chi connectivity index (χ0v) is 15.9. The lowest BCUT2D eigenvalue weighted by atomic mass is 9.99. The molecule has 0 radical (unpaired) electrons. The minimum Gasteiger partial charge on any atom is -0.381 e. The molecule has 23 heavy (non-hydrogen) atoms. The summed E-state index contributed by atoms with van der Waals surface area (Å²) in [6.45, 7) is 12.9. The average molecular weight is 339 g/mol. The Morgan fingerprint density at radius 1 is 1.39 bits per heavy atom. The number of rotatable bonds is 6. The first kappa shape index (κ1) is 18.4. The van der Waals surface area contributed by atoms with E-state index in [2.05, 4.69) is 37.6 Å². The van der Waals surface area contributed by atoms with Crippen LogP contribution in [0.5, 0.6) is 0 Å². The molecule has 0 saturated carbocycles.